The fraction of sp³-hybridized carbons (Fsp3) is 0.294. The van der Waals surface area contributed by atoms with E-state index < -0.39 is 0 Å². The molecule has 0 bridgehead atoms. The van der Waals surface area contributed by atoms with Gasteiger partial charge in [0.15, 0.2) is 0 Å². The average Bonchev–Trinajstić information content (AvgIpc) is 2.46. The van der Waals surface area contributed by atoms with E-state index in [-0.39, 0.29) is 0 Å². The molecule has 2 aromatic carbocycles. The minimum Gasteiger partial charge on any atom is -0.489 e. The number of rotatable bonds is 6. The van der Waals surface area contributed by atoms with Crippen molar-refractivity contribution in [2.24, 2.45) is 0 Å². The van der Waals surface area contributed by atoms with Gasteiger partial charge in [0.1, 0.15) is 12.4 Å². The normalized spacial score (nSPS) is 14.8. The summed E-state index contributed by atoms with van der Waals surface area (Å²) >= 11 is 0. The lowest BCUT2D eigenvalue weighted by Crippen LogP contribution is -2.45. The smallest absolute Gasteiger partial charge is 0.119 e. The van der Waals surface area contributed by atoms with Crippen LogP contribution in [0.15, 0.2) is 54.6 Å². The van der Waals surface area contributed by atoms with Crippen LogP contribution < -0.4 is 10.1 Å². The van der Waals surface area contributed by atoms with Crippen molar-refractivity contribution in [3.63, 3.8) is 0 Å². The van der Waals surface area contributed by atoms with Crippen LogP contribution in [0.4, 0.5) is 0 Å². The third kappa shape index (κ3) is 3.59. The number of hydrogen-bond donors (Lipinski definition) is 1. The molecule has 0 radical (unpaired) electrons. The molecule has 0 saturated carbocycles. The minimum atomic E-state index is 0.518. The predicted octanol–water partition coefficient (Wildman–Crippen LogP) is 2.75. The Labute approximate surface area is 119 Å². The fourth-order valence-electron chi connectivity index (χ4n) is 2.06. The van der Waals surface area contributed by atoms with Crippen LogP contribution in [0.2, 0.25) is 0 Å². The van der Waals surface area contributed by atoms with Crippen LogP contribution >= 0.6 is 0 Å². The van der Waals surface area contributed by atoms with Gasteiger partial charge in [0.2, 0.25) is 0 Å². The van der Waals surface area contributed by atoms with Crippen molar-refractivity contribution in [1.82, 2.24) is 5.32 Å². The molecule has 1 aliphatic rings. The molecule has 3 nitrogen and oxygen atoms in total. The van der Waals surface area contributed by atoms with Crippen LogP contribution in [0.3, 0.4) is 0 Å². The summed E-state index contributed by atoms with van der Waals surface area (Å²) in [6, 6.07) is 19.0. The molecular formula is C17H19NO2. The lowest BCUT2D eigenvalue weighted by atomic mass is 10.2. The minimum absolute atomic E-state index is 0.518. The largest absolute Gasteiger partial charge is 0.489 e. The predicted molar refractivity (Wildman–Crippen MR) is 78.7 cm³/mol. The van der Waals surface area contributed by atoms with Gasteiger partial charge in [0.25, 0.3) is 0 Å². The Morgan fingerprint density at radius 2 is 1.70 bits per heavy atom. The van der Waals surface area contributed by atoms with Crippen molar-refractivity contribution in [3.8, 4) is 5.75 Å². The first kappa shape index (κ1) is 13.2. The summed E-state index contributed by atoms with van der Waals surface area (Å²) in [5.41, 5.74) is 2.45. The molecule has 3 heteroatoms. The summed E-state index contributed by atoms with van der Waals surface area (Å²) < 4.78 is 10.9. The Balaban J connectivity index is 1.48. The van der Waals surface area contributed by atoms with Gasteiger partial charge in [-0.1, -0.05) is 42.5 Å². The van der Waals surface area contributed by atoms with Gasteiger partial charge in [0.05, 0.1) is 19.3 Å². The van der Waals surface area contributed by atoms with Crippen molar-refractivity contribution < 1.29 is 9.47 Å². The van der Waals surface area contributed by atoms with Gasteiger partial charge in [-0.15, -0.1) is 0 Å². The summed E-state index contributed by atoms with van der Waals surface area (Å²) in [5, 5.41) is 3.45. The van der Waals surface area contributed by atoms with E-state index >= 15 is 0 Å². The first-order valence-corrected chi connectivity index (χ1v) is 6.97. The zero-order valence-electron chi connectivity index (χ0n) is 11.4. The maximum Gasteiger partial charge on any atom is 0.119 e. The van der Waals surface area contributed by atoms with E-state index in [0.717, 1.165) is 25.5 Å². The van der Waals surface area contributed by atoms with E-state index in [4.69, 9.17) is 9.47 Å². The van der Waals surface area contributed by atoms with Gasteiger partial charge in [-0.05, 0) is 23.3 Å². The van der Waals surface area contributed by atoms with Crippen LogP contribution in [0.5, 0.6) is 5.75 Å². The van der Waals surface area contributed by atoms with Crippen molar-refractivity contribution in [2.45, 2.75) is 19.2 Å². The lowest BCUT2D eigenvalue weighted by molar-refractivity contribution is -0.00578. The second kappa shape index (κ2) is 6.55. The average molecular weight is 269 g/mol. The molecular weight excluding hydrogens is 250 g/mol. The summed E-state index contributed by atoms with van der Waals surface area (Å²) in [4.78, 5) is 0. The van der Waals surface area contributed by atoms with Gasteiger partial charge in [-0.2, -0.15) is 0 Å². The molecule has 0 aromatic heterocycles. The maximum atomic E-state index is 5.76. The molecule has 2 aromatic rings. The standard InChI is InChI=1S/C17H19NO2/c1-2-4-15(5-3-1)11-20-17-8-6-14(7-9-17)10-18-16-12-19-13-16/h1-9,16,18H,10-13H2. The van der Waals surface area contributed by atoms with Gasteiger partial charge in [0, 0.05) is 6.54 Å². The van der Waals surface area contributed by atoms with E-state index in [1.807, 2.05) is 30.3 Å². The van der Waals surface area contributed by atoms with Crippen LogP contribution in [0.25, 0.3) is 0 Å². The molecule has 0 atom stereocenters. The Morgan fingerprint density at radius 1 is 0.950 bits per heavy atom. The van der Waals surface area contributed by atoms with Crippen molar-refractivity contribution in [3.05, 3.63) is 65.7 Å². The zero-order valence-corrected chi connectivity index (χ0v) is 11.4. The van der Waals surface area contributed by atoms with Crippen LogP contribution in [0.1, 0.15) is 11.1 Å². The summed E-state index contributed by atoms with van der Waals surface area (Å²) in [6.07, 6.45) is 0. The van der Waals surface area contributed by atoms with Gasteiger partial charge >= 0.3 is 0 Å². The Hall–Kier alpha value is -1.84. The van der Waals surface area contributed by atoms with E-state index in [2.05, 4.69) is 29.6 Å². The molecule has 0 spiro atoms. The quantitative estimate of drug-likeness (QED) is 0.874. The molecule has 1 heterocycles. The third-order valence-electron chi connectivity index (χ3n) is 3.40. The van der Waals surface area contributed by atoms with E-state index in [0.29, 0.717) is 12.6 Å². The summed E-state index contributed by atoms with van der Waals surface area (Å²) in [5.74, 6) is 0.907. The Morgan fingerprint density at radius 3 is 2.35 bits per heavy atom. The molecule has 1 aliphatic heterocycles. The molecule has 0 amide bonds. The maximum absolute atomic E-state index is 5.76. The van der Waals surface area contributed by atoms with Gasteiger partial charge in [-0.3, -0.25) is 0 Å². The molecule has 0 unspecified atom stereocenters. The monoisotopic (exact) mass is 269 g/mol. The highest BCUT2D eigenvalue weighted by molar-refractivity contribution is 5.27. The van der Waals surface area contributed by atoms with E-state index in [1.54, 1.807) is 0 Å². The fourth-order valence-corrected chi connectivity index (χ4v) is 2.06. The van der Waals surface area contributed by atoms with Gasteiger partial charge in [-0.25, -0.2) is 0 Å². The van der Waals surface area contributed by atoms with E-state index in [1.165, 1.54) is 11.1 Å². The summed E-state index contributed by atoms with van der Waals surface area (Å²) in [7, 11) is 0. The van der Waals surface area contributed by atoms with Crippen molar-refractivity contribution >= 4 is 0 Å². The van der Waals surface area contributed by atoms with Crippen molar-refractivity contribution in [2.75, 3.05) is 13.2 Å². The first-order chi connectivity index (χ1) is 9.90. The summed E-state index contributed by atoms with van der Waals surface area (Å²) in [6.45, 7) is 3.15. The molecule has 20 heavy (non-hydrogen) atoms. The number of ether oxygens (including phenoxy) is 2. The highest BCUT2D eigenvalue weighted by Crippen LogP contribution is 2.14. The Bertz CT molecular complexity index is 520. The van der Waals surface area contributed by atoms with Crippen LogP contribution in [-0.2, 0) is 17.9 Å². The highest BCUT2D eigenvalue weighted by Gasteiger charge is 2.16. The first-order valence-electron chi connectivity index (χ1n) is 6.97. The van der Waals surface area contributed by atoms with Crippen LogP contribution in [0, 0.1) is 0 Å². The van der Waals surface area contributed by atoms with Crippen molar-refractivity contribution in [1.29, 1.82) is 0 Å². The Kier molecular flexibility index (Phi) is 4.31. The molecule has 1 fully saturated rings. The molecule has 3 rings (SSSR count). The third-order valence-corrected chi connectivity index (χ3v) is 3.40. The topological polar surface area (TPSA) is 30.5 Å². The zero-order chi connectivity index (χ0) is 13.6. The highest BCUT2D eigenvalue weighted by atomic mass is 16.5. The second-order valence-electron chi connectivity index (χ2n) is 5.03. The van der Waals surface area contributed by atoms with E-state index in [9.17, 15) is 0 Å². The number of nitrogens with one attached hydrogen (secondary N) is 1. The molecule has 1 saturated heterocycles. The number of benzene rings is 2. The molecule has 0 aliphatic carbocycles. The molecule has 1 N–H and O–H groups in total. The van der Waals surface area contributed by atoms with Gasteiger partial charge < -0.3 is 14.8 Å². The molecule has 104 valence electrons. The lowest BCUT2D eigenvalue weighted by Gasteiger charge is -2.27. The number of hydrogen-bond acceptors (Lipinski definition) is 3. The van der Waals surface area contributed by atoms with Crippen LogP contribution in [-0.4, -0.2) is 19.3 Å². The second-order valence-corrected chi connectivity index (χ2v) is 5.03. The SMILES string of the molecule is c1ccc(COc2ccc(CNC3COC3)cc2)cc1.